The van der Waals surface area contributed by atoms with E-state index in [1.165, 1.54) is 0 Å². The fourth-order valence-corrected chi connectivity index (χ4v) is 4.28. The van der Waals surface area contributed by atoms with Crippen LogP contribution in [0.5, 0.6) is 23.0 Å². The van der Waals surface area contributed by atoms with E-state index in [2.05, 4.69) is 5.32 Å². The van der Waals surface area contributed by atoms with E-state index >= 15 is 0 Å². The molecule has 1 aliphatic heterocycles. The van der Waals surface area contributed by atoms with Gasteiger partial charge < -0.3 is 24.3 Å². The number of methoxy groups -OCH3 is 4. The van der Waals surface area contributed by atoms with E-state index in [0.29, 0.717) is 29.4 Å². The summed E-state index contributed by atoms with van der Waals surface area (Å²) in [6, 6.07) is 9.55. The van der Waals surface area contributed by atoms with Gasteiger partial charge in [-0.2, -0.15) is 0 Å². The van der Waals surface area contributed by atoms with Gasteiger partial charge in [0.1, 0.15) is 11.5 Å². The summed E-state index contributed by atoms with van der Waals surface area (Å²) in [5.74, 6) is 2.57. The third-order valence-electron chi connectivity index (χ3n) is 5.64. The predicted octanol–water partition coefficient (Wildman–Crippen LogP) is 4.29. The molecule has 29 heavy (non-hydrogen) atoms. The van der Waals surface area contributed by atoms with Crippen LogP contribution < -0.4 is 24.3 Å². The molecule has 1 aliphatic carbocycles. The van der Waals surface area contributed by atoms with Crippen LogP contribution >= 0.6 is 0 Å². The number of hydrogen-bond donors (Lipinski definition) is 1. The molecule has 2 aliphatic rings. The SMILES string of the molecule is COc1ccc(OC)c([C@@H]2C3=C(CCCC3=O)Nc3cc(OC)c(OC)cc32)c1. The highest BCUT2D eigenvalue weighted by Crippen LogP contribution is 2.50. The number of rotatable bonds is 5. The van der Waals surface area contributed by atoms with Crippen LogP contribution in [0.1, 0.15) is 36.3 Å². The summed E-state index contributed by atoms with van der Waals surface area (Å²) >= 11 is 0. The van der Waals surface area contributed by atoms with Crippen molar-refractivity contribution >= 4 is 11.5 Å². The standard InChI is InChI=1S/C23H25NO5/c1-26-13-8-9-19(27-2)15(10-13)22-14-11-20(28-3)21(29-4)12-17(14)24-16-6-5-7-18(25)23(16)22/h8-12,22,24H,5-7H2,1-4H3/t22-/m1/s1. The van der Waals surface area contributed by atoms with Gasteiger partial charge in [-0.25, -0.2) is 0 Å². The fourth-order valence-electron chi connectivity index (χ4n) is 4.28. The Balaban J connectivity index is 2.00. The lowest BCUT2D eigenvalue weighted by atomic mass is 9.75. The lowest BCUT2D eigenvalue weighted by Gasteiger charge is -2.35. The summed E-state index contributed by atoms with van der Waals surface area (Å²) in [4.78, 5) is 13.0. The van der Waals surface area contributed by atoms with Crippen LogP contribution in [0.25, 0.3) is 0 Å². The van der Waals surface area contributed by atoms with Gasteiger partial charge in [-0.15, -0.1) is 0 Å². The molecule has 0 bridgehead atoms. The van der Waals surface area contributed by atoms with E-state index in [1.807, 2.05) is 30.3 Å². The van der Waals surface area contributed by atoms with Crippen molar-refractivity contribution in [2.75, 3.05) is 33.8 Å². The number of Topliss-reactive ketones (excluding diaryl/α,β-unsaturated/α-hetero) is 1. The average molecular weight is 395 g/mol. The monoisotopic (exact) mass is 395 g/mol. The highest BCUT2D eigenvalue weighted by atomic mass is 16.5. The van der Waals surface area contributed by atoms with Crippen LogP contribution in [0.4, 0.5) is 5.69 Å². The summed E-state index contributed by atoms with van der Waals surface area (Å²) in [5.41, 5.74) is 4.51. The van der Waals surface area contributed by atoms with Gasteiger partial charge in [-0.05, 0) is 42.7 Å². The molecule has 1 heterocycles. The van der Waals surface area contributed by atoms with Gasteiger partial charge >= 0.3 is 0 Å². The van der Waals surface area contributed by atoms with Gasteiger partial charge in [0.2, 0.25) is 0 Å². The van der Waals surface area contributed by atoms with Crippen LogP contribution in [-0.4, -0.2) is 34.2 Å². The zero-order chi connectivity index (χ0) is 20.5. The number of carbonyl (C=O) groups excluding carboxylic acids is 1. The Bertz CT molecular complexity index is 995. The average Bonchev–Trinajstić information content (AvgIpc) is 2.76. The lowest BCUT2D eigenvalue weighted by molar-refractivity contribution is -0.116. The van der Waals surface area contributed by atoms with Gasteiger partial charge in [0.25, 0.3) is 0 Å². The number of nitrogens with one attached hydrogen (secondary N) is 1. The molecule has 0 amide bonds. The van der Waals surface area contributed by atoms with Crippen molar-refractivity contribution in [1.29, 1.82) is 0 Å². The molecule has 1 N–H and O–H groups in total. The highest BCUT2D eigenvalue weighted by molar-refractivity contribution is 6.01. The summed E-state index contributed by atoms with van der Waals surface area (Å²) in [6.45, 7) is 0. The minimum Gasteiger partial charge on any atom is -0.497 e. The van der Waals surface area contributed by atoms with E-state index in [1.54, 1.807) is 28.4 Å². The first kappa shape index (κ1) is 19.2. The molecule has 0 unspecified atom stereocenters. The topological polar surface area (TPSA) is 66.0 Å². The Morgan fingerprint density at radius 1 is 0.828 bits per heavy atom. The second kappa shape index (κ2) is 7.70. The first-order chi connectivity index (χ1) is 14.1. The normalized spacial score (nSPS) is 17.8. The minimum atomic E-state index is -0.279. The number of fused-ring (bicyclic) bond motifs is 1. The number of anilines is 1. The molecule has 0 saturated heterocycles. The number of benzene rings is 2. The molecule has 0 saturated carbocycles. The van der Waals surface area contributed by atoms with Crippen LogP contribution in [0.3, 0.4) is 0 Å². The zero-order valence-electron chi connectivity index (χ0n) is 17.1. The van der Waals surface area contributed by atoms with Gasteiger partial charge in [0.05, 0.1) is 28.4 Å². The molecular weight excluding hydrogens is 370 g/mol. The van der Waals surface area contributed by atoms with E-state index < -0.39 is 0 Å². The van der Waals surface area contributed by atoms with Crippen molar-refractivity contribution in [3.63, 3.8) is 0 Å². The van der Waals surface area contributed by atoms with Crippen molar-refractivity contribution < 1.29 is 23.7 Å². The summed E-state index contributed by atoms with van der Waals surface area (Å²) in [6.07, 6.45) is 2.22. The third-order valence-corrected chi connectivity index (χ3v) is 5.64. The molecule has 1 atom stereocenters. The first-order valence-corrected chi connectivity index (χ1v) is 9.62. The maximum atomic E-state index is 13.0. The highest BCUT2D eigenvalue weighted by Gasteiger charge is 2.37. The van der Waals surface area contributed by atoms with Crippen molar-refractivity contribution in [3.8, 4) is 23.0 Å². The molecular formula is C23H25NO5. The zero-order valence-corrected chi connectivity index (χ0v) is 17.1. The van der Waals surface area contributed by atoms with Gasteiger partial charge in [-0.1, -0.05) is 0 Å². The Morgan fingerprint density at radius 3 is 2.24 bits per heavy atom. The van der Waals surface area contributed by atoms with Gasteiger partial charge in [-0.3, -0.25) is 4.79 Å². The maximum absolute atomic E-state index is 13.0. The van der Waals surface area contributed by atoms with Crippen LogP contribution in [-0.2, 0) is 4.79 Å². The number of allylic oxidation sites excluding steroid dienone is 2. The van der Waals surface area contributed by atoms with Gasteiger partial charge in [0, 0.05) is 40.9 Å². The maximum Gasteiger partial charge on any atom is 0.162 e. The van der Waals surface area contributed by atoms with Crippen molar-refractivity contribution in [2.24, 2.45) is 0 Å². The van der Waals surface area contributed by atoms with Crippen LogP contribution in [0, 0.1) is 0 Å². The molecule has 0 radical (unpaired) electrons. The van der Waals surface area contributed by atoms with Crippen molar-refractivity contribution in [1.82, 2.24) is 0 Å². The molecule has 2 aromatic carbocycles. The van der Waals surface area contributed by atoms with E-state index in [9.17, 15) is 4.79 Å². The molecule has 6 heteroatoms. The summed E-state index contributed by atoms with van der Waals surface area (Å²) < 4.78 is 22.2. The van der Waals surface area contributed by atoms with E-state index in [-0.39, 0.29) is 11.7 Å². The smallest absolute Gasteiger partial charge is 0.162 e. The Hall–Kier alpha value is -3.15. The summed E-state index contributed by atoms with van der Waals surface area (Å²) in [5, 5.41) is 3.47. The van der Waals surface area contributed by atoms with Gasteiger partial charge in [0.15, 0.2) is 17.3 Å². The predicted molar refractivity (Wildman–Crippen MR) is 110 cm³/mol. The van der Waals surface area contributed by atoms with Crippen LogP contribution in [0.2, 0.25) is 0 Å². The Kier molecular flexibility index (Phi) is 5.09. The van der Waals surface area contributed by atoms with E-state index in [4.69, 9.17) is 18.9 Å². The number of ether oxygens (including phenoxy) is 4. The molecule has 0 fully saturated rings. The summed E-state index contributed by atoms with van der Waals surface area (Å²) in [7, 11) is 6.49. The second-order valence-electron chi connectivity index (χ2n) is 7.13. The molecule has 0 aromatic heterocycles. The Morgan fingerprint density at radius 2 is 1.55 bits per heavy atom. The second-order valence-corrected chi connectivity index (χ2v) is 7.13. The first-order valence-electron chi connectivity index (χ1n) is 9.62. The Labute approximate surface area is 170 Å². The fraction of sp³-hybridized carbons (Fsp3) is 0.348. The molecule has 4 rings (SSSR count). The minimum absolute atomic E-state index is 0.161. The van der Waals surface area contributed by atoms with Crippen molar-refractivity contribution in [3.05, 3.63) is 52.7 Å². The van der Waals surface area contributed by atoms with Crippen molar-refractivity contribution in [2.45, 2.75) is 25.2 Å². The molecule has 2 aromatic rings. The van der Waals surface area contributed by atoms with Crippen LogP contribution in [0.15, 0.2) is 41.6 Å². The number of carbonyl (C=O) groups is 1. The quantitative estimate of drug-likeness (QED) is 0.815. The lowest BCUT2D eigenvalue weighted by Crippen LogP contribution is -2.27. The molecule has 6 nitrogen and oxygen atoms in total. The number of hydrogen-bond acceptors (Lipinski definition) is 6. The van der Waals surface area contributed by atoms with E-state index in [0.717, 1.165) is 40.9 Å². The molecule has 152 valence electrons. The molecule has 0 spiro atoms. The third kappa shape index (κ3) is 3.18. The largest absolute Gasteiger partial charge is 0.497 e. The number of ketones is 1.